The predicted octanol–water partition coefficient (Wildman–Crippen LogP) is 5.08. The smallest absolute Gasteiger partial charge is 0.338 e. The van der Waals surface area contributed by atoms with Crippen molar-refractivity contribution in [3.8, 4) is 11.3 Å². The Kier molecular flexibility index (Phi) is 5.26. The molecule has 2 aromatic heterocycles. The van der Waals surface area contributed by atoms with Gasteiger partial charge in [0.2, 0.25) is 0 Å². The normalized spacial score (nSPS) is 10.9. The van der Waals surface area contributed by atoms with E-state index in [4.69, 9.17) is 9.15 Å². The van der Waals surface area contributed by atoms with Crippen LogP contribution < -0.4 is 0 Å². The predicted molar refractivity (Wildman–Crippen MR) is 97.8 cm³/mol. The Morgan fingerprint density at radius 1 is 1.12 bits per heavy atom. The minimum absolute atomic E-state index is 0.0493. The molecule has 0 saturated carbocycles. The number of allylic oxidation sites excluding steroid dienone is 1. The number of hydrogen-bond donors (Lipinski definition) is 0. The van der Waals surface area contributed by atoms with Crippen LogP contribution in [0.3, 0.4) is 0 Å². The fraction of sp³-hybridized carbons (Fsp3) is 0.100. The maximum absolute atomic E-state index is 11.9. The summed E-state index contributed by atoms with van der Waals surface area (Å²) in [5.74, 6) is 0.865. The topological polar surface area (TPSA) is 56.5 Å². The van der Waals surface area contributed by atoms with Crippen molar-refractivity contribution in [1.29, 1.82) is 0 Å². The number of furan rings is 1. The third-order valence-corrected chi connectivity index (χ3v) is 4.35. The summed E-state index contributed by atoms with van der Waals surface area (Å²) in [5, 5.41) is 1.87. The molecule has 0 saturated heterocycles. The average Bonchev–Trinajstić information content (AvgIpc) is 3.32. The number of rotatable bonds is 6. The van der Waals surface area contributed by atoms with Crippen LogP contribution in [0.25, 0.3) is 17.4 Å². The molecule has 3 aromatic rings. The number of esters is 1. The molecule has 0 spiro atoms. The van der Waals surface area contributed by atoms with Crippen molar-refractivity contribution >= 4 is 29.2 Å². The zero-order valence-corrected chi connectivity index (χ0v) is 14.4. The van der Waals surface area contributed by atoms with Crippen molar-refractivity contribution in [2.45, 2.75) is 6.92 Å². The molecule has 0 N–H and O–H groups in total. The second kappa shape index (κ2) is 7.77. The summed E-state index contributed by atoms with van der Waals surface area (Å²) < 4.78 is 10.7. The third kappa shape index (κ3) is 4.14. The highest BCUT2D eigenvalue weighted by Crippen LogP contribution is 2.23. The molecule has 1 aromatic carbocycles. The fourth-order valence-electron chi connectivity index (χ4n) is 2.24. The van der Waals surface area contributed by atoms with Crippen LogP contribution in [0.4, 0.5) is 0 Å². The van der Waals surface area contributed by atoms with Gasteiger partial charge in [-0.15, -0.1) is 11.3 Å². The SMILES string of the molecule is CCOC(=O)c1ccc(-c2ccc(/C=C/C(=O)c3cccs3)o2)cc1. The lowest BCUT2D eigenvalue weighted by atomic mass is 10.1. The van der Waals surface area contributed by atoms with Gasteiger partial charge in [0.25, 0.3) is 0 Å². The first-order chi connectivity index (χ1) is 12.2. The van der Waals surface area contributed by atoms with Crippen LogP contribution in [-0.4, -0.2) is 18.4 Å². The molecule has 5 heteroatoms. The van der Waals surface area contributed by atoms with E-state index in [1.165, 1.54) is 17.4 Å². The lowest BCUT2D eigenvalue weighted by Gasteiger charge is -2.02. The van der Waals surface area contributed by atoms with Gasteiger partial charge >= 0.3 is 5.97 Å². The van der Waals surface area contributed by atoms with Crippen molar-refractivity contribution in [2.75, 3.05) is 6.61 Å². The number of carbonyl (C=O) groups excluding carboxylic acids is 2. The van der Waals surface area contributed by atoms with Crippen LogP contribution in [-0.2, 0) is 4.74 Å². The van der Waals surface area contributed by atoms with Gasteiger partial charge in [0.1, 0.15) is 11.5 Å². The second-order valence-electron chi connectivity index (χ2n) is 5.17. The molecule has 0 atom stereocenters. The number of hydrogen-bond acceptors (Lipinski definition) is 5. The number of ketones is 1. The van der Waals surface area contributed by atoms with Crippen molar-refractivity contribution in [3.63, 3.8) is 0 Å². The van der Waals surface area contributed by atoms with Gasteiger partial charge in [-0.25, -0.2) is 4.79 Å². The maximum Gasteiger partial charge on any atom is 0.338 e. The quantitative estimate of drug-likeness (QED) is 0.353. The average molecular weight is 352 g/mol. The zero-order chi connectivity index (χ0) is 17.6. The van der Waals surface area contributed by atoms with Crippen LogP contribution in [0, 0.1) is 0 Å². The molecule has 0 aliphatic carbocycles. The molecular formula is C20H16O4S. The number of benzene rings is 1. The van der Waals surface area contributed by atoms with Gasteiger partial charge in [0, 0.05) is 5.56 Å². The van der Waals surface area contributed by atoms with E-state index >= 15 is 0 Å². The molecule has 0 aliphatic rings. The number of carbonyl (C=O) groups is 2. The lowest BCUT2D eigenvalue weighted by Crippen LogP contribution is -2.03. The van der Waals surface area contributed by atoms with E-state index in [0.29, 0.717) is 28.6 Å². The van der Waals surface area contributed by atoms with Crippen molar-refractivity contribution in [2.24, 2.45) is 0 Å². The molecular weight excluding hydrogens is 336 g/mol. The highest BCUT2D eigenvalue weighted by molar-refractivity contribution is 7.12. The van der Waals surface area contributed by atoms with E-state index in [9.17, 15) is 9.59 Å². The van der Waals surface area contributed by atoms with Gasteiger partial charge in [-0.05, 0) is 54.8 Å². The summed E-state index contributed by atoms with van der Waals surface area (Å²) >= 11 is 1.41. The Morgan fingerprint density at radius 2 is 1.92 bits per heavy atom. The summed E-state index contributed by atoms with van der Waals surface area (Å²) in [6.45, 7) is 2.12. The van der Waals surface area contributed by atoms with Crippen LogP contribution in [0.2, 0.25) is 0 Å². The Balaban J connectivity index is 1.71. The van der Waals surface area contributed by atoms with Crippen molar-refractivity contribution in [1.82, 2.24) is 0 Å². The van der Waals surface area contributed by atoms with Crippen molar-refractivity contribution in [3.05, 3.63) is 76.2 Å². The summed E-state index contributed by atoms with van der Waals surface area (Å²) in [6.07, 6.45) is 3.15. The molecule has 126 valence electrons. The maximum atomic E-state index is 11.9. The molecule has 2 heterocycles. The molecule has 0 aliphatic heterocycles. The van der Waals surface area contributed by atoms with Gasteiger partial charge in [0.15, 0.2) is 5.78 Å². The Labute approximate surface area is 149 Å². The van der Waals surface area contributed by atoms with Crippen LogP contribution in [0.5, 0.6) is 0 Å². The summed E-state index contributed by atoms with van der Waals surface area (Å²) in [4.78, 5) is 24.3. The fourth-order valence-corrected chi connectivity index (χ4v) is 2.89. The highest BCUT2D eigenvalue weighted by Gasteiger charge is 2.08. The van der Waals surface area contributed by atoms with E-state index < -0.39 is 0 Å². The summed E-state index contributed by atoms with van der Waals surface area (Å²) in [6, 6.07) is 14.3. The minimum Gasteiger partial charge on any atom is -0.462 e. The highest BCUT2D eigenvalue weighted by atomic mass is 32.1. The van der Waals surface area contributed by atoms with E-state index in [0.717, 1.165) is 5.56 Å². The molecule has 0 unspecified atom stereocenters. The number of thiophene rings is 1. The zero-order valence-electron chi connectivity index (χ0n) is 13.6. The molecule has 4 nitrogen and oxygen atoms in total. The first kappa shape index (κ1) is 16.9. The van der Waals surface area contributed by atoms with Gasteiger partial charge in [0.05, 0.1) is 17.0 Å². The first-order valence-electron chi connectivity index (χ1n) is 7.80. The molecule has 25 heavy (non-hydrogen) atoms. The van der Waals surface area contributed by atoms with Crippen LogP contribution in [0.1, 0.15) is 32.7 Å². The van der Waals surface area contributed by atoms with Gasteiger partial charge in [-0.1, -0.05) is 18.2 Å². The monoisotopic (exact) mass is 352 g/mol. The van der Waals surface area contributed by atoms with E-state index in [1.807, 2.05) is 17.5 Å². The van der Waals surface area contributed by atoms with Crippen molar-refractivity contribution < 1.29 is 18.7 Å². The van der Waals surface area contributed by atoms with Gasteiger partial charge in [-0.3, -0.25) is 4.79 Å². The van der Waals surface area contributed by atoms with Gasteiger partial charge < -0.3 is 9.15 Å². The standard InChI is InChI=1S/C20H16O4S/c1-2-23-20(22)15-7-5-14(6-8-15)18-12-10-16(24-18)9-11-17(21)19-4-3-13-25-19/h3-13H,2H2,1H3/b11-9+. The van der Waals surface area contributed by atoms with Crippen LogP contribution >= 0.6 is 11.3 Å². The summed E-state index contributed by atoms with van der Waals surface area (Å²) in [7, 11) is 0. The van der Waals surface area contributed by atoms with E-state index in [-0.39, 0.29) is 11.8 Å². The summed E-state index contributed by atoms with van der Waals surface area (Å²) in [5.41, 5.74) is 1.34. The molecule has 3 rings (SSSR count). The molecule has 0 bridgehead atoms. The van der Waals surface area contributed by atoms with E-state index in [1.54, 1.807) is 49.4 Å². The molecule has 0 radical (unpaired) electrons. The third-order valence-electron chi connectivity index (χ3n) is 3.47. The van der Waals surface area contributed by atoms with E-state index in [2.05, 4.69) is 0 Å². The molecule has 0 fully saturated rings. The Morgan fingerprint density at radius 3 is 2.60 bits per heavy atom. The first-order valence-corrected chi connectivity index (χ1v) is 8.68. The Bertz CT molecular complexity index is 886. The van der Waals surface area contributed by atoms with Crippen LogP contribution in [0.15, 0.2) is 64.4 Å². The largest absolute Gasteiger partial charge is 0.462 e. The minimum atomic E-state index is -0.343. The molecule has 0 amide bonds. The van der Waals surface area contributed by atoms with Gasteiger partial charge in [-0.2, -0.15) is 0 Å². The lowest BCUT2D eigenvalue weighted by molar-refractivity contribution is 0.0526. The second-order valence-corrected chi connectivity index (χ2v) is 6.12. The number of ether oxygens (including phenoxy) is 1. The Hall–Kier alpha value is -2.92.